The quantitative estimate of drug-likeness (QED) is 0.544. The third kappa shape index (κ3) is 0.850. The summed E-state index contributed by atoms with van der Waals surface area (Å²) in [5, 5.41) is 12.3. The van der Waals surface area contributed by atoms with Gasteiger partial charge in [0.05, 0.1) is 12.2 Å². The summed E-state index contributed by atoms with van der Waals surface area (Å²) in [4.78, 5) is 0. The van der Waals surface area contributed by atoms with E-state index in [1.807, 2.05) is 0 Å². The van der Waals surface area contributed by atoms with Crippen molar-refractivity contribution in [1.29, 1.82) is 0 Å². The number of rotatable bonds is 1. The molecule has 3 nitrogen and oxygen atoms in total. The summed E-state index contributed by atoms with van der Waals surface area (Å²) < 4.78 is 4.45. The Morgan fingerprint density at radius 2 is 2.62 bits per heavy atom. The zero-order valence-electron chi connectivity index (χ0n) is 4.03. The number of hydrogen-bond acceptors (Lipinski definition) is 4. The van der Waals surface area contributed by atoms with Gasteiger partial charge in [-0.2, -0.15) is 0 Å². The highest BCUT2D eigenvalue weighted by Gasteiger charge is 1.98. The Kier molecular flexibility index (Phi) is 1.55. The maximum atomic E-state index is 8.46. The molecule has 0 atom stereocenters. The molecule has 0 aliphatic heterocycles. The highest BCUT2D eigenvalue weighted by atomic mass is 32.1. The van der Waals surface area contributed by atoms with Gasteiger partial charge >= 0.3 is 0 Å². The van der Waals surface area contributed by atoms with Crippen LogP contribution in [0.3, 0.4) is 0 Å². The summed E-state index contributed by atoms with van der Waals surface area (Å²) in [5.41, 5.74) is 0.619. The Labute approximate surface area is 51.7 Å². The van der Waals surface area contributed by atoms with Gasteiger partial charge in [0.2, 0.25) is 0 Å². The van der Waals surface area contributed by atoms with E-state index in [-0.39, 0.29) is 6.61 Å². The first-order valence-electron chi connectivity index (χ1n) is 2.07. The maximum absolute atomic E-state index is 8.46. The van der Waals surface area contributed by atoms with E-state index in [9.17, 15) is 0 Å². The third-order valence-corrected chi connectivity index (χ3v) is 1.16. The number of nitrogens with zero attached hydrogens (tertiary/aromatic N) is 1. The molecule has 0 saturated carbocycles. The summed E-state index contributed by atoms with van der Waals surface area (Å²) in [6.45, 7) is -0.0671. The topological polar surface area (TPSA) is 46.3 Å². The molecule has 0 aliphatic carbocycles. The van der Waals surface area contributed by atoms with Gasteiger partial charge in [-0.15, -0.1) is 12.6 Å². The first-order chi connectivity index (χ1) is 3.84. The fourth-order valence-electron chi connectivity index (χ4n) is 0.359. The van der Waals surface area contributed by atoms with E-state index in [0.717, 1.165) is 0 Å². The molecule has 0 unspecified atom stereocenters. The summed E-state index contributed by atoms with van der Waals surface area (Å²) in [5.74, 6) is 0. The standard InChI is InChI=1S/C4H5NO2S/c6-1-3-2-7-5-4(3)8/h2,6H,1H2,(H,5,8). The highest BCUT2D eigenvalue weighted by molar-refractivity contribution is 7.80. The molecule has 0 aliphatic rings. The normalized spacial score (nSPS) is 9.75. The van der Waals surface area contributed by atoms with Crippen molar-refractivity contribution in [2.45, 2.75) is 11.6 Å². The van der Waals surface area contributed by atoms with Gasteiger partial charge < -0.3 is 9.63 Å². The van der Waals surface area contributed by atoms with E-state index in [4.69, 9.17) is 5.11 Å². The van der Waals surface area contributed by atoms with Crippen LogP contribution in [0.1, 0.15) is 5.56 Å². The summed E-state index contributed by atoms with van der Waals surface area (Å²) in [6.07, 6.45) is 1.36. The predicted molar refractivity (Wildman–Crippen MR) is 29.7 cm³/mol. The number of aliphatic hydroxyl groups excluding tert-OH is 1. The van der Waals surface area contributed by atoms with Crippen molar-refractivity contribution in [1.82, 2.24) is 5.16 Å². The molecule has 4 heteroatoms. The first kappa shape index (κ1) is 5.65. The summed E-state index contributed by atoms with van der Waals surface area (Å²) in [6, 6.07) is 0. The second-order valence-corrected chi connectivity index (χ2v) is 1.75. The van der Waals surface area contributed by atoms with Crippen molar-refractivity contribution in [3.8, 4) is 0 Å². The van der Waals surface area contributed by atoms with Crippen LogP contribution < -0.4 is 0 Å². The van der Waals surface area contributed by atoms with Gasteiger partial charge in [-0.3, -0.25) is 0 Å². The Morgan fingerprint density at radius 3 is 2.88 bits per heavy atom. The van der Waals surface area contributed by atoms with Crippen LogP contribution in [0.15, 0.2) is 15.8 Å². The lowest BCUT2D eigenvalue weighted by molar-refractivity contribution is 0.278. The molecule has 0 amide bonds. The minimum Gasteiger partial charge on any atom is -0.391 e. The lowest BCUT2D eigenvalue weighted by Gasteiger charge is -1.81. The average Bonchev–Trinajstić information content (AvgIpc) is 2.14. The Morgan fingerprint density at radius 1 is 1.88 bits per heavy atom. The number of aromatic nitrogens is 1. The van der Waals surface area contributed by atoms with Crippen LogP contribution in [0.4, 0.5) is 0 Å². The summed E-state index contributed by atoms with van der Waals surface area (Å²) >= 11 is 3.86. The van der Waals surface area contributed by atoms with Crippen molar-refractivity contribution in [3.05, 3.63) is 11.8 Å². The van der Waals surface area contributed by atoms with Crippen molar-refractivity contribution >= 4 is 12.6 Å². The zero-order chi connectivity index (χ0) is 5.98. The van der Waals surface area contributed by atoms with E-state index < -0.39 is 0 Å². The molecule has 1 aromatic heterocycles. The average molecular weight is 131 g/mol. The van der Waals surface area contributed by atoms with E-state index in [0.29, 0.717) is 10.6 Å². The van der Waals surface area contributed by atoms with Crippen LogP contribution >= 0.6 is 12.6 Å². The smallest absolute Gasteiger partial charge is 0.142 e. The van der Waals surface area contributed by atoms with Gasteiger partial charge in [0.25, 0.3) is 0 Å². The molecule has 0 fully saturated rings. The Balaban J connectivity index is 2.92. The summed E-state index contributed by atoms with van der Waals surface area (Å²) in [7, 11) is 0. The maximum Gasteiger partial charge on any atom is 0.142 e. The van der Waals surface area contributed by atoms with E-state index in [2.05, 4.69) is 22.3 Å². The van der Waals surface area contributed by atoms with Crippen molar-refractivity contribution in [3.63, 3.8) is 0 Å². The number of hydrogen-bond donors (Lipinski definition) is 2. The minimum atomic E-state index is -0.0671. The van der Waals surface area contributed by atoms with E-state index in [1.54, 1.807) is 0 Å². The van der Waals surface area contributed by atoms with Crippen LogP contribution in [-0.4, -0.2) is 10.3 Å². The molecular formula is C4H5NO2S. The van der Waals surface area contributed by atoms with Crippen molar-refractivity contribution in [2.75, 3.05) is 0 Å². The fraction of sp³-hybridized carbons (Fsp3) is 0.250. The third-order valence-electron chi connectivity index (χ3n) is 0.792. The van der Waals surface area contributed by atoms with Crippen LogP contribution in [0.25, 0.3) is 0 Å². The molecule has 0 radical (unpaired) electrons. The Bertz CT molecular complexity index is 174. The Hall–Kier alpha value is -0.480. The minimum absolute atomic E-state index is 0.0671. The molecule has 0 spiro atoms. The lowest BCUT2D eigenvalue weighted by atomic mass is 10.4. The molecule has 0 aromatic carbocycles. The first-order valence-corrected chi connectivity index (χ1v) is 2.52. The van der Waals surface area contributed by atoms with E-state index in [1.165, 1.54) is 6.26 Å². The zero-order valence-corrected chi connectivity index (χ0v) is 4.93. The van der Waals surface area contributed by atoms with Crippen LogP contribution in [0.2, 0.25) is 0 Å². The molecule has 1 rings (SSSR count). The van der Waals surface area contributed by atoms with Gasteiger partial charge in [-0.25, -0.2) is 0 Å². The van der Waals surface area contributed by atoms with Crippen molar-refractivity contribution < 1.29 is 9.63 Å². The van der Waals surface area contributed by atoms with Crippen LogP contribution in [0.5, 0.6) is 0 Å². The van der Waals surface area contributed by atoms with Gasteiger partial charge in [-0.05, 0) is 0 Å². The lowest BCUT2D eigenvalue weighted by Crippen LogP contribution is -1.77. The van der Waals surface area contributed by atoms with Crippen LogP contribution in [-0.2, 0) is 6.61 Å². The van der Waals surface area contributed by atoms with Gasteiger partial charge in [0.1, 0.15) is 11.3 Å². The molecule has 1 aromatic rings. The monoisotopic (exact) mass is 131 g/mol. The molecule has 0 saturated heterocycles. The molecule has 1 N–H and O–H groups in total. The van der Waals surface area contributed by atoms with Gasteiger partial charge in [0.15, 0.2) is 0 Å². The molecule has 8 heavy (non-hydrogen) atoms. The SMILES string of the molecule is OCc1conc1S. The highest BCUT2D eigenvalue weighted by Crippen LogP contribution is 2.09. The molecular weight excluding hydrogens is 126 g/mol. The molecule has 44 valence electrons. The molecule has 1 heterocycles. The predicted octanol–water partition coefficient (Wildman–Crippen LogP) is 0.456. The van der Waals surface area contributed by atoms with Gasteiger partial charge in [0, 0.05) is 0 Å². The van der Waals surface area contributed by atoms with E-state index >= 15 is 0 Å². The molecule has 0 bridgehead atoms. The van der Waals surface area contributed by atoms with Gasteiger partial charge in [-0.1, -0.05) is 5.16 Å². The van der Waals surface area contributed by atoms with Crippen LogP contribution in [0, 0.1) is 0 Å². The largest absolute Gasteiger partial charge is 0.391 e. The second kappa shape index (κ2) is 2.19. The van der Waals surface area contributed by atoms with Crippen molar-refractivity contribution in [2.24, 2.45) is 0 Å². The number of thiol groups is 1. The number of aliphatic hydroxyl groups is 1. The fourth-order valence-corrected chi connectivity index (χ4v) is 0.530. The second-order valence-electron chi connectivity index (χ2n) is 1.32.